The standard InChI is InChI=1S/C16H17N3O6S/c1-7(6-26)12(16(24)25)19-14(22)11(15(19)23)18-13(21)10(17)8-2-4-9(20)5-3-8/h2-5,10-11,20,26H,6,17H2,1H3,(H,18,21)(H,24,25)/t10-/m1/s1. The van der Waals surface area contributed by atoms with Gasteiger partial charge in [-0.3, -0.25) is 14.4 Å². The predicted molar refractivity (Wildman–Crippen MR) is 93.0 cm³/mol. The van der Waals surface area contributed by atoms with Gasteiger partial charge in [0.05, 0.1) is 0 Å². The summed E-state index contributed by atoms with van der Waals surface area (Å²) < 4.78 is 0. The number of imide groups is 1. The van der Waals surface area contributed by atoms with Crippen molar-refractivity contribution in [1.82, 2.24) is 10.2 Å². The number of carboxylic acid groups (broad SMARTS) is 1. The molecule has 3 amide bonds. The predicted octanol–water partition coefficient (Wildman–Crippen LogP) is -0.466. The van der Waals surface area contributed by atoms with E-state index in [-0.39, 0.29) is 17.1 Å². The van der Waals surface area contributed by atoms with Crippen LogP contribution in [0.2, 0.25) is 0 Å². The van der Waals surface area contributed by atoms with E-state index in [1.807, 2.05) is 0 Å². The molecule has 5 N–H and O–H groups in total. The van der Waals surface area contributed by atoms with Crippen LogP contribution in [0.1, 0.15) is 18.5 Å². The molecule has 1 fully saturated rings. The molecule has 9 nitrogen and oxygen atoms in total. The van der Waals surface area contributed by atoms with Crippen molar-refractivity contribution in [3.8, 4) is 5.75 Å². The van der Waals surface area contributed by atoms with E-state index in [1.54, 1.807) is 0 Å². The fourth-order valence-electron chi connectivity index (χ4n) is 2.36. The number of amides is 3. The fourth-order valence-corrected chi connectivity index (χ4v) is 2.51. The lowest BCUT2D eigenvalue weighted by Gasteiger charge is -2.37. The first-order valence-corrected chi connectivity index (χ1v) is 8.08. The third kappa shape index (κ3) is 3.55. The average Bonchev–Trinajstić information content (AvgIpc) is 2.62. The number of rotatable bonds is 6. The second-order valence-electron chi connectivity index (χ2n) is 5.61. The Morgan fingerprint density at radius 3 is 2.27 bits per heavy atom. The summed E-state index contributed by atoms with van der Waals surface area (Å²) in [5.74, 6) is -3.91. The van der Waals surface area contributed by atoms with Crippen LogP contribution < -0.4 is 11.1 Å². The Morgan fingerprint density at radius 2 is 1.81 bits per heavy atom. The maximum atomic E-state index is 12.2. The summed E-state index contributed by atoms with van der Waals surface area (Å²) in [7, 11) is 0. The van der Waals surface area contributed by atoms with Crippen LogP contribution >= 0.6 is 12.6 Å². The van der Waals surface area contributed by atoms with Crippen molar-refractivity contribution in [2.45, 2.75) is 19.0 Å². The van der Waals surface area contributed by atoms with Gasteiger partial charge in [0.25, 0.3) is 11.8 Å². The number of likely N-dealkylation sites (tertiary alicyclic amines) is 1. The zero-order valence-electron chi connectivity index (χ0n) is 13.7. The molecule has 0 bridgehead atoms. The molecular weight excluding hydrogens is 362 g/mol. The van der Waals surface area contributed by atoms with Crippen LogP contribution in [0.3, 0.4) is 0 Å². The van der Waals surface area contributed by atoms with Crippen LogP contribution in [0.4, 0.5) is 0 Å². The van der Waals surface area contributed by atoms with Crippen molar-refractivity contribution >= 4 is 36.3 Å². The number of carbonyl (C=O) groups excluding carboxylic acids is 3. The molecule has 2 rings (SSSR count). The Labute approximate surface area is 153 Å². The molecular formula is C16H17N3O6S. The van der Waals surface area contributed by atoms with Crippen LogP contribution in [-0.4, -0.2) is 50.6 Å². The topological polar surface area (TPSA) is 150 Å². The van der Waals surface area contributed by atoms with Crippen LogP contribution in [0.15, 0.2) is 35.5 Å². The number of phenolic OH excluding ortho intramolecular Hbond substituents is 1. The molecule has 1 aromatic rings. The third-order valence-corrected chi connectivity index (χ3v) is 4.30. The van der Waals surface area contributed by atoms with Crippen molar-refractivity contribution in [1.29, 1.82) is 0 Å². The molecule has 10 heteroatoms. The highest BCUT2D eigenvalue weighted by Crippen LogP contribution is 2.23. The van der Waals surface area contributed by atoms with Crippen LogP contribution in [-0.2, 0) is 19.2 Å². The Morgan fingerprint density at radius 1 is 1.27 bits per heavy atom. The third-order valence-electron chi connectivity index (χ3n) is 3.82. The van der Waals surface area contributed by atoms with E-state index in [9.17, 15) is 29.4 Å². The summed E-state index contributed by atoms with van der Waals surface area (Å²) >= 11 is 3.94. The van der Waals surface area contributed by atoms with Gasteiger partial charge in [-0.25, -0.2) is 9.69 Å². The second-order valence-corrected chi connectivity index (χ2v) is 5.93. The Hall–Kier alpha value is -2.85. The van der Waals surface area contributed by atoms with E-state index < -0.39 is 41.5 Å². The molecule has 0 unspecified atom stereocenters. The number of β-lactam (4-membered cyclic amide) rings is 2. The van der Waals surface area contributed by atoms with Crippen LogP contribution in [0.5, 0.6) is 5.75 Å². The van der Waals surface area contributed by atoms with Crippen molar-refractivity contribution in [3.05, 3.63) is 41.1 Å². The fraction of sp³-hybridized carbons (Fsp3) is 0.250. The van der Waals surface area contributed by atoms with Crippen molar-refractivity contribution in [2.24, 2.45) is 5.73 Å². The number of aliphatic carboxylic acids is 1. The van der Waals surface area contributed by atoms with Gasteiger partial charge in [-0.2, -0.15) is 12.6 Å². The van der Waals surface area contributed by atoms with Crippen molar-refractivity contribution < 1.29 is 29.4 Å². The van der Waals surface area contributed by atoms with Gasteiger partial charge in [-0.05, 0) is 30.2 Å². The van der Waals surface area contributed by atoms with E-state index in [2.05, 4.69) is 17.9 Å². The maximum absolute atomic E-state index is 12.2. The van der Waals surface area contributed by atoms with E-state index in [0.29, 0.717) is 10.5 Å². The summed E-state index contributed by atoms with van der Waals surface area (Å²) in [5, 5.41) is 20.7. The molecule has 1 saturated heterocycles. The smallest absolute Gasteiger partial charge is 0.353 e. The van der Waals surface area contributed by atoms with Crippen LogP contribution in [0, 0.1) is 0 Å². The second kappa shape index (κ2) is 7.58. The quantitative estimate of drug-likeness (QED) is 0.194. The van der Waals surface area contributed by atoms with Gasteiger partial charge in [-0.1, -0.05) is 12.1 Å². The Kier molecular flexibility index (Phi) is 5.68. The minimum Gasteiger partial charge on any atom is -0.508 e. The summed E-state index contributed by atoms with van der Waals surface area (Å²) in [5.41, 5.74) is 5.91. The van der Waals surface area contributed by atoms with Crippen molar-refractivity contribution in [2.75, 3.05) is 5.75 Å². The number of carboxylic acids is 1. The first-order valence-electron chi connectivity index (χ1n) is 7.45. The van der Waals surface area contributed by atoms with E-state index in [4.69, 9.17) is 5.73 Å². The number of aromatic hydroxyl groups is 1. The van der Waals surface area contributed by atoms with Gasteiger partial charge in [0, 0.05) is 5.75 Å². The molecule has 26 heavy (non-hydrogen) atoms. The molecule has 138 valence electrons. The maximum Gasteiger partial charge on any atom is 0.353 e. The SMILES string of the molecule is CC(CS)=C(C(=O)O)N1C(=O)C(NC(=O)[C@H](N)c2ccc(O)cc2)C1=O. The van der Waals surface area contributed by atoms with Gasteiger partial charge in [-0.15, -0.1) is 0 Å². The molecule has 1 atom stereocenters. The van der Waals surface area contributed by atoms with Crippen molar-refractivity contribution in [3.63, 3.8) is 0 Å². The normalized spacial score (nSPS) is 16.7. The highest BCUT2D eigenvalue weighted by Gasteiger charge is 2.51. The number of phenols is 1. The van der Waals surface area contributed by atoms with Gasteiger partial charge in [0.2, 0.25) is 5.91 Å². The largest absolute Gasteiger partial charge is 0.508 e. The monoisotopic (exact) mass is 379 g/mol. The number of hydrogen-bond acceptors (Lipinski definition) is 7. The number of hydrogen-bond donors (Lipinski definition) is 5. The molecule has 0 spiro atoms. The van der Waals surface area contributed by atoms with Gasteiger partial charge >= 0.3 is 5.97 Å². The number of thiol groups is 1. The number of nitrogens with zero attached hydrogens (tertiary/aromatic N) is 1. The molecule has 0 radical (unpaired) electrons. The molecule has 1 aromatic carbocycles. The molecule has 0 aliphatic carbocycles. The highest BCUT2D eigenvalue weighted by atomic mass is 32.1. The van der Waals surface area contributed by atoms with E-state index in [1.165, 1.54) is 31.2 Å². The minimum absolute atomic E-state index is 0.00565. The van der Waals surface area contributed by atoms with Gasteiger partial charge < -0.3 is 21.3 Å². The molecule has 0 aromatic heterocycles. The number of benzene rings is 1. The minimum atomic E-state index is -1.49. The number of nitrogens with one attached hydrogen (secondary N) is 1. The van der Waals surface area contributed by atoms with Gasteiger partial charge in [0.1, 0.15) is 17.5 Å². The zero-order valence-corrected chi connectivity index (χ0v) is 14.6. The molecule has 1 aliphatic rings. The summed E-state index contributed by atoms with van der Waals surface area (Å²) in [6.45, 7) is 1.43. The molecule has 1 heterocycles. The number of carbonyl (C=O) groups is 4. The Balaban J connectivity index is 2.11. The number of nitrogens with two attached hydrogens (primary N) is 1. The molecule has 0 saturated carbocycles. The summed E-state index contributed by atoms with van der Waals surface area (Å²) in [6.07, 6.45) is 0. The molecule has 1 aliphatic heterocycles. The first-order chi connectivity index (χ1) is 12.2. The zero-order chi connectivity index (χ0) is 19.6. The van der Waals surface area contributed by atoms with E-state index in [0.717, 1.165) is 0 Å². The lowest BCUT2D eigenvalue weighted by molar-refractivity contribution is -0.163. The highest BCUT2D eigenvalue weighted by molar-refractivity contribution is 7.80. The van der Waals surface area contributed by atoms with Gasteiger partial charge in [0.15, 0.2) is 6.04 Å². The average molecular weight is 379 g/mol. The first kappa shape index (κ1) is 19.5. The lowest BCUT2D eigenvalue weighted by Crippen LogP contribution is -2.68. The Bertz CT molecular complexity index is 789. The summed E-state index contributed by atoms with van der Waals surface area (Å²) in [6, 6.07) is 2.88. The van der Waals surface area contributed by atoms with E-state index >= 15 is 0 Å². The lowest BCUT2D eigenvalue weighted by atomic mass is 10.0. The van der Waals surface area contributed by atoms with Crippen LogP contribution in [0.25, 0.3) is 0 Å². The summed E-state index contributed by atoms with van der Waals surface area (Å²) in [4.78, 5) is 48.3.